The fourth-order valence-electron chi connectivity index (χ4n) is 3.57. The molecule has 1 aliphatic rings. The van der Waals surface area contributed by atoms with Crippen molar-refractivity contribution in [1.29, 1.82) is 0 Å². The lowest BCUT2D eigenvalue weighted by Crippen LogP contribution is -2.21. The molecular formula is C26H24IN3O6. The van der Waals surface area contributed by atoms with E-state index in [4.69, 9.17) is 19.9 Å². The number of hydrogen-bond donors (Lipinski definition) is 4. The van der Waals surface area contributed by atoms with E-state index in [1.54, 1.807) is 67.6 Å². The topological polar surface area (TPSA) is 132 Å². The Morgan fingerprint density at radius 1 is 1.08 bits per heavy atom. The van der Waals surface area contributed by atoms with E-state index in [-0.39, 0.29) is 12.5 Å². The normalized spacial score (nSPS) is 13.7. The van der Waals surface area contributed by atoms with Crippen molar-refractivity contribution >= 4 is 51.7 Å². The first kappa shape index (κ1) is 25.2. The summed E-state index contributed by atoms with van der Waals surface area (Å²) in [5, 5.41) is 15.9. The molecule has 186 valence electrons. The van der Waals surface area contributed by atoms with Gasteiger partial charge in [-0.05, 0) is 71.1 Å². The highest BCUT2D eigenvalue weighted by atomic mass is 127. The Bertz CT molecular complexity index is 1310. The molecular weight excluding hydrogens is 577 g/mol. The summed E-state index contributed by atoms with van der Waals surface area (Å²) in [7, 11) is 0. The molecule has 1 aliphatic heterocycles. The van der Waals surface area contributed by atoms with Gasteiger partial charge in [0.15, 0.2) is 11.5 Å². The second-order valence-electron chi connectivity index (χ2n) is 8.02. The van der Waals surface area contributed by atoms with Crippen molar-refractivity contribution in [2.75, 3.05) is 23.2 Å². The third kappa shape index (κ3) is 6.19. The van der Waals surface area contributed by atoms with Crippen LogP contribution in [0.4, 0.5) is 21.9 Å². The number of aromatic hydroxyl groups is 1. The van der Waals surface area contributed by atoms with Crippen molar-refractivity contribution < 1.29 is 28.9 Å². The first-order chi connectivity index (χ1) is 17.3. The molecule has 0 saturated heterocycles. The molecule has 2 atom stereocenters. The number of anilines is 3. The van der Waals surface area contributed by atoms with Gasteiger partial charge in [-0.25, -0.2) is 4.79 Å². The number of nitrogen functional groups attached to an aromatic ring is 1. The van der Waals surface area contributed by atoms with Crippen LogP contribution >= 0.6 is 22.6 Å². The number of rotatable bonds is 7. The van der Waals surface area contributed by atoms with Crippen molar-refractivity contribution in [3.05, 3.63) is 81.9 Å². The number of amides is 2. The molecule has 0 bridgehead atoms. The monoisotopic (exact) mass is 601 g/mol. The number of nitrogens with two attached hydrogens (primary N) is 1. The molecule has 4 rings (SSSR count). The molecule has 36 heavy (non-hydrogen) atoms. The number of nitrogens with one attached hydrogen (secondary N) is 2. The second kappa shape index (κ2) is 11.2. The van der Waals surface area contributed by atoms with Crippen molar-refractivity contribution in [1.82, 2.24) is 0 Å². The third-order valence-corrected chi connectivity index (χ3v) is 6.07. The Labute approximate surface area is 221 Å². The molecule has 0 fully saturated rings. The number of ether oxygens (including phenoxy) is 3. The molecule has 0 saturated carbocycles. The average molecular weight is 601 g/mol. The summed E-state index contributed by atoms with van der Waals surface area (Å²) in [6, 6.07) is 16.9. The van der Waals surface area contributed by atoms with E-state index in [1.165, 1.54) is 12.1 Å². The molecule has 0 unspecified atom stereocenters. The Morgan fingerprint density at radius 3 is 2.67 bits per heavy atom. The molecule has 5 N–H and O–H groups in total. The van der Waals surface area contributed by atoms with E-state index in [1.807, 2.05) is 0 Å². The molecule has 9 nitrogen and oxygen atoms in total. The number of phenols is 1. The van der Waals surface area contributed by atoms with Gasteiger partial charge < -0.3 is 30.4 Å². The lowest BCUT2D eigenvalue weighted by molar-refractivity contribution is -0.111. The largest absolute Gasteiger partial charge is 0.508 e. The zero-order valence-corrected chi connectivity index (χ0v) is 21.4. The standard InChI is InChI=1S/C26H24IN3O6/c1-15(6-11-24(32)30-20-5-3-2-4-19(20)28)25(18-12-16(27)7-9-21(18)31)36-26(33)29-17-8-10-22-23(13-17)35-14-34-22/h2-13,15,25,31H,14,28H2,1H3,(H,29,33)(H,30,32)/b11-6+/t15-,25-/m0/s1. The second-order valence-corrected chi connectivity index (χ2v) is 9.26. The van der Waals surface area contributed by atoms with Crippen LogP contribution in [0.25, 0.3) is 0 Å². The highest BCUT2D eigenvalue weighted by molar-refractivity contribution is 14.1. The molecule has 0 radical (unpaired) electrons. The Balaban J connectivity index is 1.50. The van der Waals surface area contributed by atoms with Crippen molar-refractivity contribution in [3.63, 3.8) is 0 Å². The van der Waals surface area contributed by atoms with Crippen LogP contribution in [0.5, 0.6) is 17.2 Å². The van der Waals surface area contributed by atoms with Gasteiger partial charge in [-0.3, -0.25) is 10.1 Å². The van der Waals surface area contributed by atoms with E-state index < -0.39 is 24.0 Å². The zero-order chi connectivity index (χ0) is 25.7. The number of hydrogen-bond acceptors (Lipinski definition) is 7. The number of fused-ring (bicyclic) bond motifs is 1. The van der Waals surface area contributed by atoms with E-state index in [0.29, 0.717) is 34.1 Å². The minimum atomic E-state index is -0.889. The van der Waals surface area contributed by atoms with Gasteiger partial charge in [0, 0.05) is 26.8 Å². The minimum absolute atomic E-state index is 0.0296. The first-order valence-corrected chi connectivity index (χ1v) is 12.1. The van der Waals surface area contributed by atoms with Crippen LogP contribution in [0.2, 0.25) is 0 Å². The van der Waals surface area contributed by atoms with Gasteiger partial charge in [-0.1, -0.05) is 25.1 Å². The summed E-state index contributed by atoms with van der Waals surface area (Å²) >= 11 is 2.11. The highest BCUT2D eigenvalue weighted by Crippen LogP contribution is 2.36. The summed E-state index contributed by atoms with van der Waals surface area (Å²) in [6.45, 7) is 1.89. The lowest BCUT2D eigenvalue weighted by atomic mass is 9.96. The summed E-state index contributed by atoms with van der Waals surface area (Å²) in [5.41, 5.74) is 7.68. The van der Waals surface area contributed by atoms with Gasteiger partial charge in [0.1, 0.15) is 11.9 Å². The maximum atomic E-state index is 12.8. The molecule has 0 spiro atoms. The molecule has 3 aromatic carbocycles. The molecule has 10 heteroatoms. The maximum absolute atomic E-state index is 12.8. The maximum Gasteiger partial charge on any atom is 0.412 e. The summed E-state index contributed by atoms with van der Waals surface area (Å²) in [4.78, 5) is 25.3. The zero-order valence-electron chi connectivity index (χ0n) is 19.2. The number of carbonyl (C=O) groups excluding carboxylic acids is 2. The van der Waals surface area contributed by atoms with Crippen LogP contribution in [0, 0.1) is 9.49 Å². The number of carbonyl (C=O) groups is 2. The van der Waals surface area contributed by atoms with Crippen LogP contribution in [-0.2, 0) is 9.53 Å². The smallest absolute Gasteiger partial charge is 0.412 e. The van der Waals surface area contributed by atoms with Gasteiger partial charge in [-0.15, -0.1) is 0 Å². The van der Waals surface area contributed by atoms with Crippen molar-refractivity contribution in [3.8, 4) is 17.2 Å². The predicted molar refractivity (Wildman–Crippen MR) is 144 cm³/mol. The van der Waals surface area contributed by atoms with Gasteiger partial charge in [-0.2, -0.15) is 0 Å². The van der Waals surface area contributed by atoms with Crippen LogP contribution < -0.4 is 25.8 Å². The Kier molecular flexibility index (Phi) is 7.84. The average Bonchev–Trinajstić information content (AvgIpc) is 3.32. The summed E-state index contributed by atoms with van der Waals surface area (Å²) < 4.78 is 17.2. The number of halogens is 1. The Morgan fingerprint density at radius 2 is 1.86 bits per heavy atom. The van der Waals surface area contributed by atoms with Crippen LogP contribution in [0.15, 0.2) is 72.8 Å². The Hall–Kier alpha value is -3.93. The van der Waals surface area contributed by atoms with E-state index in [9.17, 15) is 14.7 Å². The van der Waals surface area contributed by atoms with Gasteiger partial charge in [0.25, 0.3) is 0 Å². The van der Waals surface area contributed by atoms with Crippen LogP contribution in [0.3, 0.4) is 0 Å². The fraction of sp³-hybridized carbons (Fsp3) is 0.154. The quantitative estimate of drug-likeness (QED) is 0.161. The SMILES string of the molecule is C[C@@H](/C=C/C(=O)Nc1ccccc1N)[C@H](OC(=O)Nc1ccc2c(c1)OCO2)c1cc(I)ccc1O. The van der Waals surface area contributed by atoms with Gasteiger partial charge in [0.2, 0.25) is 12.7 Å². The fourth-order valence-corrected chi connectivity index (χ4v) is 4.08. The predicted octanol–water partition coefficient (Wildman–Crippen LogP) is 5.43. The molecule has 3 aromatic rings. The lowest BCUT2D eigenvalue weighted by Gasteiger charge is -2.24. The molecule has 0 aliphatic carbocycles. The van der Waals surface area contributed by atoms with E-state index in [2.05, 4.69) is 33.2 Å². The van der Waals surface area contributed by atoms with Crippen molar-refractivity contribution in [2.45, 2.75) is 13.0 Å². The summed E-state index contributed by atoms with van der Waals surface area (Å²) in [6.07, 6.45) is 1.32. The number of benzene rings is 3. The van der Waals surface area contributed by atoms with E-state index in [0.717, 1.165) is 3.57 Å². The van der Waals surface area contributed by atoms with Gasteiger partial charge in [0.05, 0.1) is 11.4 Å². The molecule has 0 aromatic heterocycles. The third-order valence-electron chi connectivity index (χ3n) is 5.40. The van der Waals surface area contributed by atoms with Gasteiger partial charge >= 0.3 is 6.09 Å². The molecule has 1 heterocycles. The van der Waals surface area contributed by atoms with Crippen LogP contribution in [0.1, 0.15) is 18.6 Å². The minimum Gasteiger partial charge on any atom is -0.508 e. The number of para-hydroxylation sites is 2. The van der Waals surface area contributed by atoms with Crippen LogP contribution in [-0.4, -0.2) is 23.9 Å². The van der Waals surface area contributed by atoms with E-state index >= 15 is 0 Å². The first-order valence-electron chi connectivity index (χ1n) is 11.0. The molecule has 2 amide bonds. The highest BCUT2D eigenvalue weighted by Gasteiger charge is 2.26. The number of phenolic OH excluding ortho intramolecular Hbond substituents is 1. The van der Waals surface area contributed by atoms with Crippen molar-refractivity contribution in [2.24, 2.45) is 5.92 Å². The summed E-state index contributed by atoms with van der Waals surface area (Å²) in [5.74, 6) is 0.203.